The molecule has 0 radical (unpaired) electrons. The third-order valence-electron chi connectivity index (χ3n) is 5.19. The van der Waals surface area contributed by atoms with Gasteiger partial charge in [0.05, 0.1) is 0 Å². The number of likely N-dealkylation sites (tertiary alicyclic amines) is 1. The largest absolute Gasteiger partial charge is 0.486 e. The minimum absolute atomic E-state index is 0.0282. The number of benzene rings is 2. The van der Waals surface area contributed by atoms with Crippen molar-refractivity contribution in [2.45, 2.75) is 19.4 Å². The van der Waals surface area contributed by atoms with Crippen LogP contribution < -0.4 is 9.47 Å². The first-order valence-corrected chi connectivity index (χ1v) is 9.99. The van der Waals surface area contributed by atoms with Gasteiger partial charge in [0.2, 0.25) is 0 Å². The van der Waals surface area contributed by atoms with Crippen LogP contribution in [0.5, 0.6) is 11.5 Å². The molecule has 4 rings (SSSR count). The number of ether oxygens (including phenoxy) is 2. The van der Waals surface area contributed by atoms with Gasteiger partial charge in [-0.1, -0.05) is 22.0 Å². The van der Waals surface area contributed by atoms with Crippen LogP contribution in [0.4, 0.5) is 4.39 Å². The van der Waals surface area contributed by atoms with Crippen molar-refractivity contribution in [1.29, 1.82) is 0 Å². The van der Waals surface area contributed by atoms with E-state index in [2.05, 4.69) is 20.8 Å². The summed E-state index contributed by atoms with van der Waals surface area (Å²) in [7, 11) is 0. The summed E-state index contributed by atoms with van der Waals surface area (Å²) < 4.78 is 25.1. The second-order valence-corrected chi connectivity index (χ2v) is 7.86. The molecule has 0 saturated carbocycles. The number of Topliss-reactive ketones (excluding diaryl/α,β-unsaturated/α-hetero) is 1. The van der Waals surface area contributed by atoms with Gasteiger partial charge in [0.1, 0.15) is 19.0 Å². The van der Waals surface area contributed by atoms with Crippen LogP contribution in [0.15, 0.2) is 40.9 Å². The molecule has 1 fully saturated rings. The zero-order chi connectivity index (χ0) is 18.8. The smallest absolute Gasteiger partial charge is 0.166 e. The zero-order valence-electron chi connectivity index (χ0n) is 14.9. The van der Waals surface area contributed by atoms with Crippen LogP contribution in [-0.2, 0) is 6.54 Å². The van der Waals surface area contributed by atoms with Crippen LogP contribution in [0.3, 0.4) is 0 Å². The molecule has 2 aromatic carbocycles. The first-order chi connectivity index (χ1) is 13.1. The SMILES string of the molecule is O=C(c1ccc2c(c1)OCCO2)C1CCN(Cc2ccc(F)cc2Br)CC1. The molecule has 142 valence electrons. The first kappa shape index (κ1) is 18.4. The molecule has 6 heteroatoms. The summed E-state index contributed by atoms with van der Waals surface area (Å²) in [6, 6.07) is 10.2. The minimum atomic E-state index is -0.241. The van der Waals surface area contributed by atoms with Gasteiger partial charge in [-0.15, -0.1) is 0 Å². The monoisotopic (exact) mass is 433 g/mol. The molecule has 2 aliphatic heterocycles. The molecule has 2 heterocycles. The zero-order valence-corrected chi connectivity index (χ0v) is 16.5. The van der Waals surface area contributed by atoms with E-state index in [9.17, 15) is 9.18 Å². The van der Waals surface area contributed by atoms with Crippen molar-refractivity contribution in [3.8, 4) is 11.5 Å². The van der Waals surface area contributed by atoms with Gasteiger partial charge in [-0.25, -0.2) is 4.39 Å². The van der Waals surface area contributed by atoms with E-state index in [4.69, 9.17) is 9.47 Å². The number of fused-ring (bicyclic) bond motifs is 1. The van der Waals surface area contributed by atoms with Gasteiger partial charge in [-0.3, -0.25) is 9.69 Å². The average molecular weight is 434 g/mol. The molecule has 0 aliphatic carbocycles. The summed E-state index contributed by atoms with van der Waals surface area (Å²) in [6.45, 7) is 3.52. The molecule has 0 atom stereocenters. The summed E-state index contributed by atoms with van der Waals surface area (Å²) in [5, 5.41) is 0. The highest BCUT2D eigenvalue weighted by molar-refractivity contribution is 9.10. The van der Waals surface area contributed by atoms with Crippen molar-refractivity contribution in [2.75, 3.05) is 26.3 Å². The Morgan fingerprint density at radius 3 is 2.56 bits per heavy atom. The predicted octanol–water partition coefficient (Wildman–Crippen LogP) is 4.45. The van der Waals surface area contributed by atoms with Crippen molar-refractivity contribution < 1.29 is 18.7 Å². The van der Waals surface area contributed by atoms with E-state index < -0.39 is 0 Å². The number of rotatable bonds is 4. The second-order valence-electron chi connectivity index (χ2n) is 7.01. The van der Waals surface area contributed by atoms with E-state index in [0.717, 1.165) is 42.5 Å². The predicted molar refractivity (Wildman–Crippen MR) is 104 cm³/mol. The Bertz CT molecular complexity index is 849. The highest BCUT2D eigenvalue weighted by atomic mass is 79.9. The van der Waals surface area contributed by atoms with E-state index in [1.807, 2.05) is 18.2 Å². The van der Waals surface area contributed by atoms with Crippen molar-refractivity contribution >= 4 is 21.7 Å². The van der Waals surface area contributed by atoms with Gasteiger partial charge in [-0.2, -0.15) is 0 Å². The van der Waals surface area contributed by atoms with E-state index in [-0.39, 0.29) is 17.5 Å². The van der Waals surface area contributed by atoms with Gasteiger partial charge in [0, 0.05) is 22.5 Å². The first-order valence-electron chi connectivity index (χ1n) is 9.20. The molecular weight excluding hydrogens is 413 g/mol. The maximum Gasteiger partial charge on any atom is 0.166 e. The lowest BCUT2D eigenvalue weighted by atomic mass is 9.88. The van der Waals surface area contributed by atoms with E-state index in [1.54, 1.807) is 6.07 Å². The summed E-state index contributed by atoms with van der Waals surface area (Å²) in [5.74, 6) is 1.33. The maximum absolute atomic E-state index is 13.2. The Kier molecular flexibility index (Phi) is 5.45. The van der Waals surface area contributed by atoms with Crippen molar-refractivity contribution in [1.82, 2.24) is 4.90 Å². The molecule has 0 aromatic heterocycles. The summed E-state index contributed by atoms with van der Waals surface area (Å²) in [4.78, 5) is 15.2. The average Bonchev–Trinajstić information content (AvgIpc) is 2.70. The van der Waals surface area contributed by atoms with Crippen molar-refractivity contribution in [3.63, 3.8) is 0 Å². The quantitative estimate of drug-likeness (QED) is 0.667. The Hall–Kier alpha value is -1.92. The van der Waals surface area contributed by atoms with Crippen LogP contribution in [0.1, 0.15) is 28.8 Å². The highest BCUT2D eigenvalue weighted by Gasteiger charge is 2.27. The highest BCUT2D eigenvalue weighted by Crippen LogP contribution is 2.33. The Labute approximate surface area is 166 Å². The Morgan fingerprint density at radius 1 is 1.07 bits per heavy atom. The van der Waals surface area contributed by atoms with Crippen LogP contribution in [-0.4, -0.2) is 37.0 Å². The molecule has 0 unspecified atom stereocenters. The summed E-state index contributed by atoms with van der Waals surface area (Å²) in [5.41, 5.74) is 1.76. The third-order valence-corrected chi connectivity index (χ3v) is 5.93. The molecule has 0 amide bonds. The lowest BCUT2D eigenvalue weighted by Crippen LogP contribution is -2.36. The number of halogens is 2. The lowest BCUT2D eigenvalue weighted by molar-refractivity contribution is 0.0833. The van der Waals surface area contributed by atoms with E-state index >= 15 is 0 Å². The number of piperidine rings is 1. The summed E-state index contributed by atoms with van der Waals surface area (Å²) >= 11 is 3.43. The molecule has 0 bridgehead atoms. The van der Waals surface area contributed by atoms with Gasteiger partial charge in [0.15, 0.2) is 17.3 Å². The van der Waals surface area contributed by atoms with Gasteiger partial charge in [-0.05, 0) is 61.8 Å². The second kappa shape index (κ2) is 7.98. The number of hydrogen-bond acceptors (Lipinski definition) is 4. The van der Waals surface area contributed by atoms with Crippen molar-refractivity contribution in [2.24, 2.45) is 5.92 Å². The number of carbonyl (C=O) groups is 1. The van der Waals surface area contributed by atoms with E-state index in [1.165, 1.54) is 12.1 Å². The standard InChI is InChI=1S/C21H21BrFNO3/c22-18-12-17(23)3-1-16(18)13-24-7-5-14(6-8-24)21(25)15-2-4-19-20(11-15)27-10-9-26-19/h1-4,11-12,14H,5-10,13H2. The van der Waals surface area contributed by atoms with Crippen LogP contribution in [0, 0.1) is 11.7 Å². The molecular formula is C21H21BrFNO3. The fourth-order valence-corrected chi connectivity index (χ4v) is 4.15. The maximum atomic E-state index is 13.2. The van der Waals surface area contributed by atoms with E-state index in [0.29, 0.717) is 30.3 Å². The fraction of sp³-hybridized carbons (Fsp3) is 0.381. The molecule has 2 aliphatic rings. The molecule has 1 saturated heterocycles. The van der Waals surface area contributed by atoms with Crippen molar-refractivity contribution in [3.05, 3.63) is 57.8 Å². The van der Waals surface area contributed by atoms with Crippen LogP contribution in [0.25, 0.3) is 0 Å². The number of ketones is 1. The van der Waals surface area contributed by atoms with Crippen LogP contribution >= 0.6 is 15.9 Å². The molecule has 0 N–H and O–H groups in total. The minimum Gasteiger partial charge on any atom is -0.486 e. The topological polar surface area (TPSA) is 38.8 Å². The Balaban J connectivity index is 1.36. The third kappa shape index (κ3) is 4.17. The molecule has 4 nitrogen and oxygen atoms in total. The lowest BCUT2D eigenvalue weighted by Gasteiger charge is -2.31. The molecule has 2 aromatic rings. The van der Waals surface area contributed by atoms with Gasteiger partial charge < -0.3 is 9.47 Å². The van der Waals surface area contributed by atoms with Crippen LogP contribution in [0.2, 0.25) is 0 Å². The number of hydrogen-bond donors (Lipinski definition) is 0. The fourth-order valence-electron chi connectivity index (χ4n) is 3.68. The normalized spacial score (nSPS) is 17.7. The number of nitrogens with zero attached hydrogens (tertiary/aromatic N) is 1. The summed E-state index contributed by atoms with van der Waals surface area (Å²) in [6.07, 6.45) is 1.65. The molecule has 0 spiro atoms. The van der Waals surface area contributed by atoms with Gasteiger partial charge >= 0.3 is 0 Å². The molecule has 27 heavy (non-hydrogen) atoms. The number of carbonyl (C=O) groups excluding carboxylic acids is 1. The Morgan fingerprint density at radius 2 is 1.81 bits per heavy atom. The van der Waals surface area contributed by atoms with Gasteiger partial charge in [0.25, 0.3) is 0 Å².